The lowest BCUT2D eigenvalue weighted by Gasteiger charge is -2.30. The van der Waals surface area contributed by atoms with Crippen LogP contribution in [0.5, 0.6) is 0 Å². The Kier molecular flexibility index (Phi) is 3.80. The van der Waals surface area contributed by atoms with Gasteiger partial charge in [-0.2, -0.15) is 0 Å². The predicted octanol–water partition coefficient (Wildman–Crippen LogP) is 5.49. The Labute approximate surface area is 135 Å². The molecule has 8 unspecified atom stereocenters. The van der Waals surface area contributed by atoms with Crippen molar-refractivity contribution in [2.75, 3.05) is 0 Å². The van der Waals surface area contributed by atoms with Crippen molar-refractivity contribution < 1.29 is 0 Å². The van der Waals surface area contributed by atoms with Crippen LogP contribution in [0.15, 0.2) is 0 Å². The summed E-state index contributed by atoms with van der Waals surface area (Å²) in [6.45, 7) is 0. The minimum absolute atomic E-state index is 0.807. The molecule has 4 rings (SSSR count). The average Bonchev–Trinajstić information content (AvgIpc) is 3.08. The Bertz CT molecular complexity index is 302. The second-order valence-electron chi connectivity index (χ2n) is 6.68. The molecule has 4 bridgehead atoms. The number of alkyl halides is 2. The SMILES string of the molecule is BrC1C2CCC(C2)C1SSC1C2CCC(C2)C1Br. The summed E-state index contributed by atoms with van der Waals surface area (Å²) in [4.78, 5) is 1.61. The molecule has 4 saturated carbocycles. The third kappa shape index (κ3) is 2.07. The highest BCUT2D eigenvalue weighted by atomic mass is 79.9. The van der Waals surface area contributed by atoms with Gasteiger partial charge in [0.2, 0.25) is 0 Å². The van der Waals surface area contributed by atoms with Crippen LogP contribution in [0, 0.1) is 23.7 Å². The monoisotopic (exact) mass is 410 g/mol. The summed E-state index contributed by atoms with van der Waals surface area (Å²) in [5.41, 5.74) is 0. The highest BCUT2D eigenvalue weighted by Gasteiger charge is 2.50. The van der Waals surface area contributed by atoms with E-state index in [-0.39, 0.29) is 0 Å². The molecule has 4 fully saturated rings. The first-order valence-electron chi connectivity index (χ1n) is 7.34. The first-order chi connectivity index (χ1) is 8.74. The molecule has 0 spiro atoms. The van der Waals surface area contributed by atoms with Crippen LogP contribution in [0.25, 0.3) is 0 Å². The zero-order chi connectivity index (χ0) is 12.3. The molecule has 0 aromatic heterocycles. The highest BCUT2D eigenvalue weighted by molar-refractivity contribution is 9.10. The average molecular weight is 412 g/mol. The van der Waals surface area contributed by atoms with Crippen LogP contribution in [0.1, 0.15) is 38.5 Å². The molecule has 0 N–H and O–H groups in total. The van der Waals surface area contributed by atoms with Gasteiger partial charge in [-0.3, -0.25) is 0 Å². The maximum atomic E-state index is 3.98. The maximum Gasteiger partial charge on any atom is 0.0307 e. The lowest BCUT2D eigenvalue weighted by Crippen LogP contribution is -2.27. The van der Waals surface area contributed by atoms with E-state index in [2.05, 4.69) is 53.4 Å². The summed E-state index contributed by atoms with van der Waals surface area (Å²) in [5, 5.41) is 1.79. The Morgan fingerprint density at radius 2 is 1.00 bits per heavy atom. The van der Waals surface area contributed by atoms with E-state index in [0.29, 0.717) is 0 Å². The largest absolute Gasteiger partial charge is 0.0889 e. The van der Waals surface area contributed by atoms with Gasteiger partial charge in [0.15, 0.2) is 0 Å². The van der Waals surface area contributed by atoms with E-state index >= 15 is 0 Å². The van der Waals surface area contributed by atoms with Gasteiger partial charge >= 0.3 is 0 Å². The van der Waals surface area contributed by atoms with Crippen molar-refractivity contribution in [3.8, 4) is 0 Å². The Balaban J connectivity index is 1.36. The molecule has 4 heteroatoms. The summed E-state index contributed by atoms with van der Waals surface area (Å²) in [6, 6.07) is 0. The van der Waals surface area contributed by atoms with E-state index < -0.39 is 0 Å². The quantitative estimate of drug-likeness (QED) is 0.444. The van der Waals surface area contributed by atoms with Crippen molar-refractivity contribution in [2.45, 2.75) is 58.7 Å². The summed E-state index contributed by atoms with van der Waals surface area (Å²) in [7, 11) is 4.47. The second kappa shape index (κ2) is 5.14. The molecule has 0 aliphatic heterocycles. The number of rotatable bonds is 3. The van der Waals surface area contributed by atoms with Crippen LogP contribution in [-0.2, 0) is 0 Å². The third-order valence-electron chi connectivity index (χ3n) is 5.76. The molecule has 0 nitrogen and oxygen atoms in total. The van der Waals surface area contributed by atoms with Gasteiger partial charge in [0.1, 0.15) is 0 Å². The lowest BCUT2D eigenvalue weighted by atomic mass is 10.0. The highest BCUT2D eigenvalue weighted by Crippen LogP contribution is 2.60. The molecular formula is C14H20Br2S2. The second-order valence-corrected chi connectivity index (χ2v) is 11.4. The van der Waals surface area contributed by atoms with E-state index in [1.165, 1.54) is 38.5 Å². The molecule has 0 saturated heterocycles. The van der Waals surface area contributed by atoms with Crippen LogP contribution < -0.4 is 0 Å². The normalized spacial score (nSPS) is 57.7. The Hall–Kier alpha value is 1.66. The van der Waals surface area contributed by atoms with Crippen LogP contribution in [0.3, 0.4) is 0 Å². The van der Waals surface area contributed by atoms with E-state index in [1.807, 2.05) is 0 Å². The van der Waals surface area contributed by atoms with Crippen LogP contribution in [0.4, 0.5) is 0 Å². The van der Waals surface area contributed by atoms with Crippen molar-refractivity contribution in [1.82, 2.24) is 0 Å². The summed E-state index contributed by atoms with van der Waals surface area (Å²) < 4.78 is 0. The molecule has 0 heterocycles. The zero-order valence-electron chi connectivity index (χ0n) is 10.4. The van der Waals surface area contributed by atoms with Crippen LogP contribution in [-0.4, -0.2) is 20.2 Å². The number of fused-ring (bicyclic) bond motifs is 4. The van der Waals surface area contributed by atoms with Crippen molar-refractivity contribution in [3.05, 3.63) is 0 Å². The third-order valence-corrected chi connectivity index (χ3v) is 12.7. The molecule has 18 heavy (non-hydrogen) atoms. The summed E-state index contributed by atoms with van der Waals surface area (Å²) in [6.07, 6.45) is 8.97. The van der Waals surface area contributed by atoms with Crippen molar-refractivity contribution >= 4 is 53.4 Å². The minimum Gasteiger partial charge on any atom is -0.0889 e. The van der Waals surface area contributed by atoms with E-state index in [0.717, 1.165) is 43.8 Å². The van der Waals surface area contributed by atoms with E-state index in [9.17, 15) is 0 Å². The van der Waals surface area contributed by atoms with Gasteiger partial charge in [-0.05, 0) is 62.2 Å². The smallest absolute Gasteiger partial charge is 0.0307 e. The van der Waals surface area contributed by atoms with E-state index in [4.69, 9.17) is 0 Å². The topological polar surface area (TPSA) is 0 Å². The maximum absolute atomic E-state index is 3.98. The molecule has 102 valence electrons. The van der Waals surface area contributed by atoms with Crippen LogP contribution in [0.2, 0.25) is 0 Å². The molecule has 4 aliphatic rings. The standard InChI is InChI=1S/C14H20Br2S2/c15-11-7-1-3-9(5-7)13(11)17-18-14-10-4-2-8(6-10)12(14)16/h7-14H,1-6H2. The first-order valence-corrected chi connectivity index (χ1v) is 11.4. The number of hydrogen-bond donors (Lipinski definition) is 0. The zero-order valence-corrected chi connectivity index (χ0v) is 15.2. The Morgan fingerprint density at radius 3 is 1.33 bits per heavy atom. The molecular weight excluding hydrogens is 392 g/mol. The van der Waals surface area contributed by atoms with Crippen molar-refractivity contribution in [1.29, 1.82) is 0 Å². The van der Waals surface area contributed by atoms with Crippen molar-refractivity contribution in [3.63, 3.8) is 0 Å². The van der Waals surface area contributed by atoms with Crippen LogP contribution >= 0.6 is 53.4 Å². The van der Waals surface area contributed by atoms with Gasteiger partial charge in [0.05, 0.1) is 0 Å². The van der Waals surface area contributed by atoms with Crippen molar-refractivity contribution in [2.24, 2.45) is 23.7 Å². The number of hydrogen-bond acceptors (Lipinski definition) is 2. The van der Waals surface area contributed by atoms with Gasteiger partial charge in [0.25, 0.3) is 0 Å². The van der Waals surface area contributed by atoms with E-state index in [1.54, 1.807) is 0 Å². The van der Waals surface area contributed by atoms with Gasteiger partial charge < -0.3 is 0 Å². The molecule has 0 amide bonds. The lowest BCUT2D eigenvalue weighted by molar-refractivity contribution is 0.507. The molecule has 4 aliphatic carbocycles. The fraction of sp³-hybridized carbons (Fsp3) is 1.00. The van der Waals surface area contributed by atoms with Gasteiger partial charge in [-0.15, -0.1) is 0 Å². The number of halogens is 2. The minimum atomic E-state index is 0.807. The summed E-state index contributed by atoms with van der Waals surface area (Å²) >= 11 is 7.96. The first kappa shape index (κ1) is 13.3. The van der Waals surface area contributed by atoms with Gasteiger partial charge in [-0.25, -0.2) is 0 Å². The van der Waals surface area contributed by atoms with Gasteiger partial charge in [0, 0.05) is 20.2 Å². The molecule has 0 aromatic carbocycles. The Morgan fingerprint density at radius 1 is 0.611 bits per heavy atom. The van der Waals surface area contributed by atoms with Gasteiger partial charge in [-0.1, -0.05) is 53.4 Å². The summed E-state index contributed by atoms with van der Waals surface area (Å²) in [5.74, 6) is 4.02. The molecule has 0 aromatic rings. The fourth-order valence-electron chi connectivity index (χ4n) is 4.73. The predicted molar refractivity (Wildman–Crippen MR) is 89.9 cm³/mol. The fourth-order valence-corrected chi connectivity index (χ4v) is 12.2. The molecule has 8 atom stereocenters. The molecule has 0 radical (unpaired) electrons.